The first-order valence-electron chi connectivity index (χ1n) is 8.50. The summed E-state index contributed by atoms with van der Waals surface area (Å²) in [4.78, 5) is 14.6. The molecule has 3 unspecified atom stereocenters. The molecule has 0 spiro atoms. The lowest BCUT2D eigenvalue weighted by Crippen LogP contribution is -2.43. The van der Waals surface area contributed by atoms with E-state index in [1.54, 1.807) is 0 Å². The maximum absolute atomic E-state index is 12.2. The first-order valence-corrected chi connectivity index (χ1v) is 8.50. The van der Waals surface area contributed by atoms with E-state index in [0.717, 1.165) is 44.9 Å². The topological polar surface area (TPSA) is 44.4 Å². The predicted molar refractivity (Wildman–Crippen MR) is 97.2 cm³/mol. The highest BCUT2D eigenvalue weighted by molar-refractivity contribution is 5.85. The highest BCUT2D eigenvalue weighted by Gasteiger charge is 2.37. The van der Waals surface area contributed by atoms with E-state index in [2.05, 4.69) is 29.4 Å². The summed E-state index contributed by atoms with van der Waals surface area (Å²) < 4.78 is 0. The standard InChI is InChI=1S/C16H31N3O.2ClH/c1-3-19(4-2)11-7-10-17-16(20)15-12-13-8-5-6-9-14(13)18-15;;/h13-15,18H,3-12H2,1-2H3,(H,17,20);2*1H. The van der Waals surface area contributed by atoms with Crippen molar-refractivity contribution >= 4 is 30.7 Å². The van der Waals surface area contributed by atoms with Crippen molar-refractivity contribution < 1.29 is 4.79 Å². The average molecular weight is 354 g/mol. The lowest BCUT2D eigenvalue weighted by molar-refractivity contribution is -0.122. The van der Waals surface area contributed by atoms with Crippen LogP contribution < -0.4 is 10.6 Å². The molecular formula is C16H33Cl2N3O. The minimum absolute atomic E-state index is 0. The number of amides is 1. The summed E-state index contributed by atoms with van der Waals surface area (Å²) in [5, 5.41) is 6.65. The number of carbonyl (C=O) groups is 1. The quantitative estimate of drug-likeness (QED) is 0.691. The van der Waals surface area contributed by atoms with Gasteiger partial charge in [-0.05, 0) is 51.2 Å². The third-order valence-corrected chi connectivity index (χ3v) is 5.02. The van der Waals surface area contributed by atoms with Crippen molar-refractivity contribution in [2.45, 2.75) is 64.5 Å². The van der Waals surface area contributed by atoms with Crippen molar-refractivity contribution in [3.8, 4) is 0 Å². The molecule has 0 aromatic carbocycles. The van der Waals surface area contributed by atoms with Gasteiger partial charge in [0.05, 0.1) is 6.04 Å². The maximum Gasteiger partial charge on any atom is 0.237 e. The number of hydrogen-bond donors (Lipinski definition) is 2. The third kappa shape index (κ3) is 6.23. The lowest BCUT2D eigenvalue weighted by Gasteiger charge is -2.24. The Balaban J connectivity index is 0.00000220. The van der Waals surface area contributed by atoms with Crippen LogP contribution in [-0.4, -0.2) is 49.1 Å². The van der Waals surface area contributed by atoms with E-state index in [-0.39, 0.29) is 36.8 Å². The van der Waals surface area contributed by atoms with Crippen molar-refractivity contribution in [2.24, 2.45) is 5.92 Å². The molecule has 1 aliphatic carbocycles. The molecule has 1 heterocycles. The molecule has 2 N–H and O–H groups in total. The molecule has 1 saturated carbocycles. The van der Waals surface area contributed by atoms with Crippen LogP contribution in [0.5, 0.6) is 0 Å². The van der Waals surface area contributed by atoms with Gasteiger partial charge in [-0.15, -0.1) is 24.8 Å². The number of carbonyl (C=O) groups excluding carboxylic acids is 1. The molecule has 22 heavy (non-hydrogen) atoms. The molecule has 0 aromatic rings. The van der Waals surface area contributed by atoms with Crippen LogP contribution in [0.4, 0.5) is 0 Å². The Kier molecular flexibility index (Phi) is 11.5. The second kappa shape index (κ2) is 11.5. The normalized spacial score (nSPS) is 26.8. The Morgan fingerprint density at radius 3 is 2.50 bits per heavy atom. The molecule has 0 radical (unpaired) electrons. The largest absolute Gasteiger partial charge is 0.355 e. The van der Waals surface area contributed by atoms with E-state index >= 15 is 0 Å². The van der Waals surface area contributed by atoms with E-state index in [1.807, 2.05) is 0 Å². The van der Waals surface area contributed by atoms with Gasteiger partial charge in [-0.3, -0.25) is 4.79 Å². The van der Waals surface area contributed by atoms with Crippen molar-refractivity contribution in [3.63, 3.8) is 0 Å². The van der Waals surface area contributed by atoms with Crippen molar-refractivity contribution in [1.82, 2.24) is 15.5 Å². The number of nitrogens with one attached hydrogen (secondary N) is 2. The van der Waals surface area contributed by atoms with Gasteiger partial charge in [0, 0.05) is 12.6 Å². The van der Waals surface area contributed by atoms with Crippen LogP contribution in [0.1, 0.15) is 52.4 Å². The smallest absolute Gasteiger partial charge is 0.237 e. The van der Waals surface area contributed by atoms with Gasteiger partial charge in [0.1, 0.15) is 0 Å². The second-order valence-electron chi connectivity index (χ2n) is 6.28. The SMILES string of the molecule is CCN(CC)CCCNC(=O)C1CC2CCCCC2N1.Cl.Cl. The van der Waals surface area contributed by atoms with Gasteiger partial charge in [-0.25, -0.2) is 0 Å². The average Bonchev–Trinajstić information content (AvgIpc) is 2.91. The number of halogens is 2. The Labute approximate surface area is 148 Å². The predicted octanol–water partition coefficient (Wildman–Crippen LogP) is 2.60. The van der Waals surface area contributed by atoms with Crippen LogP contribution in [0.3, 0.4) is 0 Å². The summed E-state index contributed by atoms with van der Waals surface area (Å²) in [5.74, 6) is 0.967. The molecule has 3 atom stereocenters. The molecule has 1 aliphatic heterocycles. The Hall–Kier alpha value is -0.0300. The number of nitrogens with zero attached hydrogens (tertiary/aromatic N) is 1. The van der Waals surface area contributed by atoms with E-state index in [4.69, 9.17) is 0 Å². The van der Waals surface area contributed by atoms with E-state index in [0.29, 0.717) is 6.04 Å². The fourth-order valence-corrected chi connectivity index (χ4v) is 3.70. The summed E-state index contributed by atoms with van der Waals surface area (Å²) in [7, 11) is 0. The second-order valence-corrected chi connectivity index (χ2v) is 6.28. The molecule has 2 fully saturated rings. The third-order valence-electron chi connectivity index (χ3n) is 5.02. The van der Waals surface area contributed by atoms with E-state index in [1.165, 1.54) is 25.7 Å². The van der Waals surface area contributed by atoms with Crippen LogP contribution in [0.2, 0.25) is 0 Å². The van der Waals surface area contributed by atoms with Gasteiger partial charge in [0.15, 0.2) is 0 Å². The molecule has 1 amide bonds. The molecular weight excluding hydrogens is 321 g/mol. The highest BCUT2D eigenvalue weighted by atomic mass is 35.5. The van der Waals surface area contributed by atoms with Crippen LogP contribution in [0, 0.1) is 5.92 Å². The zero-order valence-electron chi connectivity index (χ0n) is 14.0. The number of rotatable bonds is 7. The van der Waals surface area contributed by atoms with Gasteiger partial charge >= 0.3 is 0 Å². The Bertz CT molecular complexity index is 300. The molecule has 2 aliphatic rings. The van der Waals surface area contributed by atoms with Crippen LogP contribution >= 0.6 is 24.8 Å². The fourth-order valence-electron chi connectivity index (χ4n) is 3.70. The molecule has 1 saturated heterocycles. The maximum atomic E-state index is 12.2. The van der Waals surface area contributed by atoms with Crippen LogP contribution in [0.15, 0.2) is 0 Å². The molecule has 0 bridgehead atoms. The first kappa shape index (κ1) is 22.0. The Morgan fingerprint density at radius 2 is 1.86 bits per heavy atom. The van der Waals surface area contributed by atoms with E-state index < -0.39 is 0 Å². The lowest BCUT2D eigenvalue weighted by atomic mass is 9.85. The van der Waals surface area contributed by atoms with Gasteiger partial charge < -0.3 is 15.5 Å². The monoisotopic (exact) mass is 353 g/mol. The van der Waals surface area contributed by atoms with Crippen molar-refractivity contribution in [2.75, 3.05) is 26.2 Å². The van der Waals surface area contributed by atoms with Gasteiger partial charge in [-0.2, -0.15) is 0 Å². The van der Waals surface area contributed by atoms with Gasteiger partial charge in [0.25, 0.3) is 0 Å². The fraction of sp³-hybridized carbons (Fsp3) is 0.938. The number of hydrogen-bond acceptors (Lipinski definition) is 3. The summed E-state index contributed by atoms with van der Waals surface area (Å²) in [6, 6.07) is 0.673. The van der Waals surface area contributed by atoms with Crippen molar-refractivity contribution in [1.29, 1.82) is 0 Å². The highest BCUT2D eigenvalue weighted by Crippen LogP contribution is 2.33. The number of fused-ring (bicyclic) bond motifs is 1. The summed E-state index contributed by atoms with van der Waals surface area (Å²) in [6.07, 6.45) is 7.34. The van der Waals surface area contributed by atoms with Crippen LogP contribution in [0.25, 0.3) is 0 Å². The molecule has 2 rings (SSSR count). The first-order chi connectivity index (χ1) is 9.74. The molecule has 0 aromatic heterocycles. The summed E-state index contributed by atoms with van der Waals surface area (Å²) in [6.45, 7) is 8.45. The minimum atomic E-state index is 0. The zero-order chi connectivity index (χ0) is 14.4. The molecule has 4 nitrogen and oxygen atoms in total. The van der Waals surface area contributed by atoms with Crippen molar-refractivity contribution in [3.05, 3.63) is 0 Å². The molecule has 6 heteroatoms. The van der Waals surface area contributed by atoms with Gasteiger partial charge in [-0.1, -0.05) is 26.7 Å². The zero-order valence-corrected chi connectivity index (χ0v) is 15.6. The van der Waals surface area contributed by atoms with Gasteiger partial charge in [0.2, 0.25) is 5.91 Å². The van der Waals surface area contributed by atoms with Crippen LogP contribution in [-0.2, 0) is 4.79 Å². The Morgan fingerprint density at radius 1 is 1.18 bits per heavy atom. The summed E-state index contributed by atoms with van der Waals surface area (Å²) >= 11 is 0. The van der Waals surface area contributed by atoms with E-state index in [9.17, 15) is 4.79 Å². The molecule has 132 valence electrons. The summed E-state index contributed by atoms with van der Waals surface area (Å²) in [5.41, 5.74) is 0. The minimum Gasteiger partial charge on any atom is -0.355 e.